The van der Waals surface area contributed by atoms with Crippen molar-refractivity contribution >= 4 is 27.5 Å². The van der Waals surface area contributed by atoms with E-state index in [1.165, 1.54) is 0 Å². The fourth-order valence-electron chi connectivity index (χ4n) is 1.59. The Morgan fingerprint density at radius 2 is 2.21 bits per heavy atom. The maximum Gasteiger partial charge on any atom is 0.140 e. The van der Waals surface area contributed by atoms with Crippen LogP contribution in [-0.4, -0.2) is 4.98 Å². The zero-order valence-corrected chi connectivity index (χ0v) is 12.3. The summed E-state index contributed by atoms with van der Waals surface area (Å²) in [5, 5.41) is 10.1. The van der Waals surface area contributed by atoms with E-state index in [-0.39, 0.29) is 0 Å². The fraction of sp³-hybridized carbons (Fsp3) is 0.143. The lowest BCUT2D eigenvalue weighted by atomic mass is 10.2. The molecule has 0 aliphatic rings. The van der Waals surface area contributed by atoms with Gasteiger partial charge < -0.3 is 4.74 Å². The van der Waals surface area contributed by atoms with Crippen LogP contribution in [0.2, 0.25) is 5.02 Å². The molecule has 2 aromatic rings. The number of aromatic nitrogens is 1. The lowest BCUT2D eigenvalue weighted by Crippen LogP contribution is -1.99. The highest BCUT2D eigenvalue weighted by atomic mass is 79.9. The molecule has 96 valence electrons. The molecule has 0 saturated carbocycles. The second-order valence-electron chi connectivity index (χ2n) is 3.80. The topological polar surface area (TPSA) is 45.9 Å². The van der Waals surface area contributed by atoms with Crippen molar-refractivity contribution in [3.05, 3.63) is 58.4 Å². The average Bonchev–Trinajstić information content (AvgIpc) is 2.45. The Morgan fingerprint density at radius 1 is 1.37 bits per heavy atom. The highest BCUT2D eigenvalue weighted by molar-refractivity contribution is 9.08. The molecule has 3 nitrogen and oxygen atoms in total. The Balaban J connectivity index is 2.15. The van der Waals surface area contributed by atoms with Crippen molar-refractivity contribution in [2.24, 2.45) is 0 Å². The minimum absolute atomic E-state index is 0.373. The third-order valence-corrected chi connectivity index (χ3v) is 3.46. The van der Waals surface area contributed by atoms with Crippen molar-refractivity contribution in [3.8, 4) is 11.8 Å². The number of benzene rings is 1. The van der Waals surface area contributed by atoms with E-state index in [1.54, 1.807) is 12.3 Å². The van der Waals surface area contributed by atoms with Gasteiger partial charge in [0, 0.05) is 22.1 Å². The van der Waals surface area contributed by atoms with E-state index in [1.807, 2.05) is 30.3 Å². The van der Waals surface area contributed by atoms with Crippen LogP contribution in [-0.2, 0) is 11.9 Å². The van der Waals surface area contributed by atoms with Crippen LogP contribution in [0, 0.1) is 11.3 Å². The normalized spacial score (nSPS) is 9.95. The van der Waals surface area contributed by atoms with Gasteiger partial charge in [0.25, 0.3) is 0 Å². The number of nitrogens with zero attached hydrogens (tertiary/aromatic N) is 2. The van der Waals surface area contributed by atoms with Crippen LogP contribution in [0.5, 0.6) is 5.75 Å². The molecule has 1 aromatic heterocycles. The number of hydrogen-bond donors (Lipinski definition) is 0. The SMILES string of the molecule is N#Cc1cc(COc2cccc(Cl)c2CBr)ccn1. The fourth-order valence-corrected chi connectivity index (χ4v) is 2.56. The van der Waals surface area contributed by atoms with Gasteiger partial charge in [-0.2, -0.15) is 5.26 Å². The molecule has 1 heterocycles. The molecular formula is C14H10BrClN2O. The monoisotopic (exact) mass is 336 g/mol. The predicted octanol–water partition coefficient (Wildman–Crippen LogP) is 4.08. The van der Waals surface area contributed by atoms with E-state index in [4.69, 9.17) is 21.6 Å². The van der Waals surface area contributed by atoms with Crippen LogP contribution < -0.4 is 4.74 Å². The molecule has 0 radical (unpaired) electrons. The Kier molecular flexibility index (Phi) is 4.78. The van der Waals surface area contributed by atoms with Crippen molar-refractivity contribution in [2.45, 2.75) is 11.9 Å². The van der Waals surface area contributed by atoms with Gasteiger partial charge in [0.1, 0.15) is 24.1 Å². The largest absolute Gasteiger partial charge is 0.489 e. The van der Waals surface area contributed by atoms with Crippen LogP contribution >= 0.6 is 27.5 Å². The molecule has 0 amide bonds. The highest BCUT2D eigenvalue weighted by Gasteiger charge is 2.07. The molecule has 0 unspecified atom stereocenters. The molecular weight excluding hydrogens is 328 g/mol. The van der Waals surface area contributed by atoms with E-state index in [0.717, 1.165) is 16.9 Å². The molecule has 1 aromatic carbocycles. The zero-order chi connectivity index (χ0) is 13.7. The first kappa shape index (κ1) is 13.9. The molecule has 19 heavy (non-hydrogen) atoms. The van der Waals surface area contributed by atoms with Crippen molar-refractivity contribution in [3.63, 3.8) is 0 Å². The Hall–Kier alpha value is -1.57. The maximum atomic E-state index is 8.79. The minimum atomic E-state index is 0.373. The van der Waals surface area contributed by atoms with Gasteiger partial charge in [-0.3, -0.25) is 0 Å². The summed E-state index contributed by atoms with van der Waals surface area (Å²) in [7, 11) is 0. The summed E-state index contributed by atoms with van der Waals surface area (Å²) in [5.74, 6) is 0.736. The van der Waals surface area contributed by atoms with Crippen LogP contribution in [0.3, 0.4) is 0 Å². The molecule has 0 aliphatic carbocycles. The summed E-state index contributed by atoms with van der Waals surface area (Å²) in [6.07, 6.45) is 1.60. The summed E-state index contributed by atoms with van der Waals surface area (Å²) in [4.78, 5) is 3.92. The number of hydrogen-bond acceptors (Lipinski definition) is 3. The van der Waals surface area contributed by atoms with Gasteiger partial charge in [-0.05, 0) is 29.8 Å². The number of pyridine rings is 1. The van der Waals surface area contributed by atoms with Gasteiger partial charge in [0.05, 0.1) is 0 Å². The molecule has 0 bridgehead atoms. The molecule has 0 N–H and O–H groups in total. The van der Waals surface area contributed by atoms with Crippen LogP contribution in [0.15, 0.2) is 36.5 Å². The first-order valence-corrected chi connectivity index (χ1v) is 7.05. The Labute approximate surface area is 124 Å². The molecule has 0 saturated heterocycles. The second kappa shape index (κ2) is 6.55. The third-order valence-electron chi connectivity index (χ3n) is 2.54. The smallest absolute Gasteiger partial charge is 0.140 e. The zero-order valence-electron chi connectivity index (χ0n) is 9.94. The van der Waals surface area contributed by atoms with Crippen LogP contribution in [0.1, 0.15) is 16.8 Å². The number of ether oxygens (including phenoxy) is 1. The third kappa shape index (κ3) is 3.46. The lowest BCUT2D eigenvalue weighted by molar-refractivity contribution is 0.304. The van der Waals surface area contributed by atoms with Gasteiger partial charge in [0.2, 0.25) is 0 Å². The Morgan fingerprint density at radius 3 is 2.95 bits per heavy atom. The van der Waals surface area contributed by atoms with Crippen molar-refractivity contribution in [1.82, 2.24) is 4.98 Å². The second-order valence-corrected chi connectivity index (χ2v) is 4.77. The molecule has 2 rings (SSSR count). The summed E-state index contributed by atoms with van der Waals surface area (Å²) >= 11 is 9.49. The van der Waals surface area contributed by atoms with E-state index in [0.29, 0.717) is 22.7 Å². The van der Waals surface area contributed by atoms with Gasteiger partial charge in [-0.15, -0.1) is 0 Å². The van der Waals surface area contributed by atoms with E-state index in [2.05, 4.69) is 20.9 Å². The Bertz CT molecular complexity index is 625. The summed E-state index contributed by atoms with van der Waals surface area (Å²) < 4.78 is 5.74. The molecule has 0 fully saturated rings. The summed E-state index contributed by atoms with van der Waals surface area (Å²) in [5.41, 5.74) is 2.19. The quantitative estimate of drug-likeness (QED) is 0.790. The van der Waals surface area contributed by atoms with Crippen LogP contribution in [0.25, 0.3) is 0 Å². The summed E-state index contributed by atoms with van der Waals surface area (Å²) in [6.45, 7) is 0.373. The van der Waals surface area contributed by atoms with Gasteiger partial charge in [-0.25, -0.2) is 4.98 Å². The van der Waals surface area contributed by atoms with Gasteiger partial charge >= 0.3 is 0 Å². The van der Waals surface area contributed by atoms with Crippen molar-refractivity contribution in [2.75, 3.05) is 0 Å². The predicted molar refractivity (Wildman–Crippen MR) is 77.4 cm³/mol. The van der Waals surface area contributed by atoms with E-state index >= 15 is 0 Å². The van der Waals surface area contributed by atoms with E-state index in [9.17, 15) is 0 Å². The van der Waals surface area contributed by atoms with Crippen LogP contribution in [0.4, 0.5) is 0 Å². The first-order chi connectivity index (χ1) is 9.24. The summed E-state index contributed by atoms with van der Waals surface area (Å²) in [6, 6.07) is 11.1. The highest BCUT2D eigenvalue weighted by Crippen LogP contribution is 2.29. The van der Waals surface area contributed by atoms with Gasteiger partial charge in [-0.1, -0.05) is 33.6 Å². The molecule has 0 aliphatic heterocycles. The van der Waals surface area contributed by atoms with Gasteiger partial charge in [0.15, 0.2) is 0 Å². The minimum Gasteiger partial charge on any atom is -0.489 e. The number of alkyl halides is 1. The molecule has 0 spiro atoms. The number of rotatable bonds is 4. The number of halogens is 2. The first-order valence-electron chi connectivity index (χ1n) is 5.55. The maximum absolute atomic E-state index is 8.79. The lowest BCUT2D eigenvalue weighted by Gasteiger charge is -2.11. The average molecular weight is 338 g/mol. The molecule has 0 atom stereocenters. The standard InChI is InChI=1S/C14H10BrClN2O/c15-7-12-13(16)2-1-3-14(12)19-9-10-4-5-18-11(6-10)8-17/h1-6H,7,9H2. The van der Waals surface area contributed by atoms with E-state index < -0.39 is 0 Å². The van der Waals surface area contributed by atoms with Crippen molar-refractivity contribution in [1.29, 1.82) is 5.26 Å². The molecule has 5 heteroatoms. The number of nitriles is 1. The van der Waals surface area contributed by atoms with Crippen molar-refractivity contribution < 1.29 is 4.74 Å².